The highest BCUT2D eigenvalue weighted by Crippen LogP contribution is 2.20. The van der Waals surface area contributed by atoms with Crippen LogP contribution in [0.25, 0.3) is 0 Å². The molecule has 1 aromatic heterocycles. The fourth-order valence-corrected chi connectivity index (χ4v) is 4.51. The van der Waals surface area contributed by atoms with Crippen molar-refractivity contribution in [3.8, 4) is 0 Å². The predicted octanol–water partition coefficient (Wildman–Crippen LogP) is 2.66. The molecule has 5 heteroatoms. The summed E-state index contributed by atoms with van der Waals surface area (Å²) in [6.07, 6.45) is 4.75. The van der Waals surface area contributed by atoms with E-state index in [9.17, 15) is 4.79 Å². The second-order valence-electron chi connectivity index (χ2n) is 6.78. The van der Waals surface area contributed by atoms with Crippen LogP contribution in [0.5, 0.6) is 0 Å². The molecular weight excluding hydrogens is 306 g/mol. The lowest BCUT2D eigenvalue weighted by atomic mass is 10.00. The Morgan fingerprint density at radius 3 is 2.65 bits per heavy atom. The number of carbonyl (C=O) groups is 1. The predicted molar refractivity (Wildman–Crippen MR) is 95.7 cm³/mol. The third-order valence-corrected chi connectivity index (χ3v) is 6.06. The van der Waals surface area contributed by atoms with Gasteiger partial charge in [0.1, 0.15) is 0 Å². The molecule has 1 aromatic rings. The lowest BCUT2D eigenvalue weighted by Crippen LogP contribution is -2.52. The quantitative estimate of drug-likeness (QED) is 0.828. The van der Waals surface area contributed by atoms with Gasteiger partial charge in [-0.15, -0.1) is 11.3 Å². The minimum atomic E-state index is 0.350. The zero-order valence-electron chi connectivity index (χ0n) is 14.2. The van der Waals surface area contributed by atoms with Crippen LogP contribution in [0.1, 0.15) is 37.5 Å². The van der Waals surface area contributed by atoms with Crippen molar-refractivity contribution in [1.82, 2.24) is 14.7 Å². The molecule has 128 valence electrons. The van der Waals surface area contributed by atoms with Gasteiger partial charge in [0.15, 0.2) is 0 Å². The molecule has 2 aliphatic heterocycles. The molecule has 0 bridgehead atoms. The van der Waals surface area contributed by atoms with Crippen molar-refractivity contribution in [2.75, 3.05) is 39.3 Å². The van der Waals surface area contributed by atoms with Crippen molar-refractivity contribution in [1.29, 1.82) is 0 Å². The van der Waals surface area contributed by atoms with E-state index < -0.39 is 0 Å². The Kier molecular flexibility index (Phi) is 6.08. The van der Waals surface area contributed by atoms with Gasteiger partial charge in [-0.25, -0.2) is 0 Å². The molecule has 0 radical (unpaired) electrons. The van der Waals surface area contributed by atoms with Crippen molar-refractivity contribution in [2.45, 2.75) is 45.2 Å². The Hall–Kier alpha value is -0.910. The van der Waals surface area contributed by atoms with E-state index in [1.165, 1.54) is 24.1 Å². The van der Waals surface area contributed by atoms with E-state index in [1.807, 2.05) is 11.3 Å². The third kappa shape index (κ3) is 4.55. The fourth-order valence-electron chi connectivity index (χ4n) is 3.76. The summed E-state index contributed by atoms with van der Waals surface area (Å²) in [6, 6.07) is 4.82. The molecular formula is C18H29N3OS. The number of nitrogens with zero attached hydrogens (tertiary/aromatic N) is 3. The Bertz CT molecular complexity index is 482. The molecule has 1 unspecified atom stereocenters. The van der Waals surface area contributed by atoms with Gasteiger partial charge in [0.2, 0.25) is 5.91 Å². The van der Waals surface area contributed by atoms with Crippen LogP contribution in [-0.4, -0.2) is 65.9 Å². The van der Waals surface area contributed by atoms with Gasteiger partial charge in [-0.3, -0.25) is 14.6 Å². The van der Waals surface area contributed by atoms with Crippen LogP contribution in [0.3, 0.4) is 0 Å². The molecule has 1 amide bonds. The first-order valence-electron chi connectivity index (χ1n) is 9.03. The molecule has 0 spiro atoms. The van der Waals surface area contributed by atoms with E-state index in [2.05, 4.69) is 39.1 Å². The number of piperazine rings is 1. The van der Waals surface area contributed by atoms with E-state index in [0.29, 0.717) is 18.5 Å². The summed E-state index contributed by atoms with van der Waals surface area (Å²) in [5.41, 5.74) is 0. The van der Waals surface area contributed by atoms with Crippen LogP contribution < -0.4 is 0 Å². The molecule has 3 heterocycles. The molecule has 2 saturated heterocycles. The number of rotatable bonds is 5. The van der Waals surface area contributed by atoms with Gasteiger partial charge in [-0.05, 0) is 37.1 Å². The van der Waals surface area contributed by atoms with Crippen LogP contribution in [-0.2, 0) is 11.3 Å². The van der Waals surface area contributed by atoms with Crippen LogP contribution in [0.15, 0.2) is 17.5 Å². The van der Waals surface area contributed by atoms with Crippen molar-refractivity contribution in [3.05, 3.63) is 22.4 Å². The number of likely N-dealkylation sites (tertiary alicyclic amines) is 1. The molecule has 2 aliphatic rings. The Labute approximate surface area is 144 Å². The molecule has 3 rings (SSSR count). The highest BCUT2D eigenvalue weighted by atomic mass is 32.1. The smallest absolute Gasteiger partial charge is 0.236 e. The normalized spacial score (nSPS) is 24.0. The molecule has 0 N–H and O–H groups in total. The lowest BCUT2D eigenvalue weighted by molar-refractivity contribution is -0.136. The first-order chi connectivity index (χ1) is 11.3. The van der Waals surface area contributed by atoms with E-state index in [0.717, 1.165) is 45.7 Å². The second kappa shape index (κ2) is 8.27. The summed E-state index contributed by atoms with van der Waals surface area (Å²) in [7, 11) is 0. The standard InChI is InChI=1S/C18H29N3OS/c1-2-16-6-3-4-8-21(16)18(22)15-20-11-9-19(10-12-20)14-17-7-5-13-23-17/h5,7,13,16H,2-4,6,8-12,14-15H2,1H3. The van der Waals surface area contributed by atoms with Crippen LogP contribution in [0.2, 0.25) is 0 Å². The molecule has 23 heavy (non-hydrogen) atoms. The van der Waals surface area contributed by atoms with Gasteiger partial charge in [0.05, 0.1) is 6.54 Å². The first kappa shape index (κ1) is 16.9. The number of piperidine rings is 1. The Morgan fingerprint density at radius 1 is 1.17 bits per heavy atom. The van der Waals surface area contributed by atoms with E-state index >= 15 is 0 Å². The van der Waals surface area contributed by atoms with E-state index in [-0.39, 0.29) is 0 Å². The van der Waals surface area contributed by atoms with Crippen LogP contribution >= 0.6 is 11.3 Å². The van der Waals surface area contributed by atoms with Crippen LogP contribution in [0, 0.1) is 0 Å². The van der Waals surface area contributed by atoms with Gasteiger partial charge in [0, 0.05) is 50.2 Å². The summed E-state index contributed by atoms with van der Waals surface area (Å²) >= 11 is 1.83. The van der Waals surface area contributed by atoms with E-state index in [1.54, 1.807) is 0 Å². The van der Waals surface area contributed by atoms with Gasteiger partial charge >= 0.3 is 0 Å². The number of carbonyl (C=O) groups excluding carboxylic acids is 1. The van der Waals surface area contributed by atoms with E-state index in [4.69, 9.17) is 0 Å². The highest BCUT2D eigenvalue weighted by Gasteiger charge is 2.27. The van der Waals surface area contributed by atoms with Crippen molar-refractivity contribution in [2.24, 2.45) is 0 Å². The van der Waals surface area contributed by atoms with Crippen LogP contribution in [0.4, 0.5) is 0 Å². The summed E-state index contributed by atoms with van der Waals surface area (Å²) in [5.74, 6) is 0.350. The maximum atomic E-state index is 12.6. The highest BCUT2D eigenvalue weighted by molar-refractivity contribution is 7.09. The van der Waals surface area contributed by atoms with Crippen molar-refractivity contribution in [3.63, 3.8) is 0 Å². The average Bonchev–Trinajstić information content (AvgIpc) is 3.09. The number of thiophene rings is 1. The number of amides is 1. The second-order valence-corrected chi connectivity index (χ2v) is 7.81. The summed E-state index contributed by atoms with van der Waals surface area (Å²) in [4.78, 5) is 21.1. The molecule has 4 nitrogen and oxygen atoms in total. The SMILES string of the molecule is CCC1CCCCN1C(=O)CN1CCN(Cc2cccs2)CC1. The van der Waals surface area contributed by atoms with Gasteiger partial charge < -0.3 is 4.90 Å². The first-order valence-corrected chi connectivity index (χ1v) is 9.91. The summed E-state index contributed by atoms with van der Waals surface area (Å²) in [6.45, 7) is 9.02. The van der Waals surface area contributed by atoms with Gasteiger partial charge in [0.25, 0.3) is 0 Å². The summed E-state index contributed by atoms with van der Waals surface area (Å²) in [5, 5.41) is 2.15. The zero-order valence-corrected chi connectivity index (χ0v) is 15.1. The molecule has 0 aliphatic carbocycles. The maximum Gasteiger partial charge on any atom is 0.236 e. The minimum Gasteiger partial charge on any atom is -0.339 e. The third-order valence-electron chi connectivity index (χ3n) is 5.20. The van der Waals surface area contributed by atoms with Crippen molar-refractivity contribution < 1.29 is 4.79 Å². The molecule has 0 saturated carbocycles. The summed E-state index contributed by atoms with van der Waals surface area (Å²) < 4.78 is 0. The molecule has 2 fully saturated rings. The molecule has 1 atom stereocenters. The lowest BCUT2D eigenvalue weighted by Gasteiger charge is -2.38. The Morgan fingerprint density at radius 2 is 1.96 bits per heavy atom. The van der Waals surface area contributed by atoms with Gasteiger partial charge in [-0.1, -0.05) is 13.0 Å². The largest absolute Gasteiger partial charge is 0.339 e. The maximum absolute atomic E-state index is 12.6. The number of hydrogen-bond acceptors (Lipinski definition) is 4. The zero-order chi connectivity index (χ0) is 16.1. The number of hydrogen-bond donors (Lipinski definition) is 0. The van der Waals surface area contributed by atoms with Crippen molar-refractivity contribution >= 4 is 17.2 Å². The molecule has 0 aromatic carbocycles. The average molecular weight is 336 g/mol. The minimum absolute atomic E-state index is 0.350. The fraction of sp³-hybridized carbons (Fsp3) is 0.722. The monoisotopic (exact) mass is 335 g/mol. The Balaban J connectivity index is 1.43. The topological polar surface area (TPSA) is 26.8 Å². The van der Waals surface area contributed by atoms with Gasteiger partial charge in [-0.2, -0.15) is 0 Å².